The number of fused-ring (bicyclic) bond motifs is 1. The summed E-state index contributed by atoms with van der Waals surface area (Å²) in [4.78, 5) is 13.1. The van der Waals surface area contributed by atoms with Gasteiger partial charge in [0, 0.05) is 18.2 Å². The lowest BCUT2D eigenvalue weighted by Gasteiger charge is -2.23. The van der Waals surface area contributed by atoms with Gasteiger partial charge in [-0.25, -0.2) is 18.0 Å². The zero-order valence-electron chi connectivity index (χ0n) is 13.3. The molecule has 1 fully saturated rings. The van der Waals surface area contributed by atoms with Gasteiger partial charge in [-0.15, -0.1) is 0 Å². The number of nitrogens with one attached hydrogen (secondary N) is 1. The molecule has 4 nitrogen and oxygen atoms in total. The van der Waals surface area contributed by atoms with E-state index in [-0.39, 0.29) is 17.4 Å². The Labute approximate surface area is 141 Å². The molecule has 2 aromatic carbocycles. The Hall–Kier alpha value is -2.54. The van der Waals surface area contributed by atoms with Crippen LogP contribution >= 0.6 is 0 Å². The number of hydrogen-bond donors (Lipinski definition) is 1. The molecule has 130 valence electrons. The lowest BCUT2D eigenvalue weighted by atomic mass is 10.1. The molecule has 0 saturated carbocycles. The van der Waals surface area contributed by atoms with Gasteiger partial charge in [0.1, 0.15) is 5.82 Å². The summed E-state index contributed by atoms with van der Waals surface area (Å²) in [5.74, 6) is -2.54. The number of imidazole rings is 1. The maximum absolute atomic E-state index is 13.8. The van der Waals surface area contributed by atoms with Gasteiger partial charge in [0.25, 0.3) is 0 Å². The summed E-state index contributed by atoms with van der Waals surface area (Å²) in [5.41, 5.74) is 0.725. The van der Waals surface area contributed by atoms with E-state index in [9.17, 15) is 18.0 Å². The number of piperidine rings is 1. The topological polar surface area (TPSA) is 39.0 Å². The monoisotopic (exact) mass is 347 g/mol. The summed E-state index contributed by atoms with van der Waals surface area (Å²) in [7, 11) is 0. The third-order valence-electron chi connectivity index (χ3n) is 4.67. The van der Waals surface area contributed by atoms with Crippen LogP contribution in [0.1, 0.15) is 18.9 Å². The average Bonchev–Trinajstić information content (AvgIpc) is 2.89. The van der Waals surface area contributed by atoms with Gasteiger partial charge in [0.05, 0.1) is 16.7 Å². The maximum atomic E-state index is 13.8. The van der Waals surface area contributed by atoms with Gasteiger partial charge in [-0.2, -0.15) is 0 Å². The Morgan fingerprint density at radius 2 is 1.68 bits per heavy atom. The lowest BCUT2D eigenvalue weighted by Crippen LogP contribution is -2.34. The quantitative estimate of drug-likeness (QED) is 0.774. The molecule has 3 aromatic rings. The third-order valence-corrected chi connectivity index (χ3v) is 4.67. The molecule has 0 bridgehead atoms. The minimum Gasteiger partial charge on any atom is -0.317 e. The molecule has 0 unspecified atom stereocenters. The Morgan fingerprint density at radius 1 is 0.920 bits per heavy atom. The molecule has 1 aliphatic heterocycles. The first kappa shape index (κ1) is 16.0. The molecule has 0 aliphatic carbocycles. The highest BCUT2D eigenvalue weighted by atomic mass is 19.2. The lowest BCUT2D eigenvalue weighted by molar-refractivity contribution is 0.367. The average molecular weight is 347 g/mol. The number of halogens is 3. The van der Waals surface area contributed by atoms with Gasteiger partial charge in [-0.05, 0) is 50.2 Å². The second-order valence-corrected chi connectivity index (χ2v) is 6.20. The van der Waals surface area contributed by atoms with Crippen molar-refractivity contribution in [1.29, 1.82) is 0 Å². The first-order valence-corrected chi connectivity index (χ1v) is 8.15. The van der Waals surface area contributed by atoms with Crippen LogP contribution in [0.15, 0.2) is 41.2 Å². The van der Waals surface area contributed by atoms with Crippen molar-refractivity contribution in [3.63, 3.8) is 0 Å². The number of rotatable bonds is 2. The fraction of sp³-hybridized carbons (Fsp3) is 0.278. The molecule has 0 spiro atoms. The van der Waals surface area contributed by atoms with Crippen molar-refractivity contribution in [2.45, 2.75) is 18.9 Å². The Kier molecular flexibility index (Phi) is 3.88. The second-order valence-electron chi connectivity index (χ2n) is 6.20. The molecule has 4 rings (SSSR count). The summed E-state index contributed by atoms with van der Waals surface area (Å²) in [6, 6.07) is 7.32. The van der Waals surface area contributed by atoms with Crippen molar-refractivity contribution < 1.29 is 13.2 Å². The van der Waals surface area contributed by atoms with Crippen molar-refractivity contribution >= 4 is 11.0 Å². The van der Waals surface area contributed by atoms with E-state index in [1.807, 2.05) is 0 Å². The minimum absolute atomic E-state index is 0.0201. The molecule has 1 aliphatic rings. The SMILES string of the molecule is O=c1n(-c2ccc(F)c(F)c2)c2cc(F)ccc2n1C1CCNCC1. The van der Waals surface area contributed by atoms with E-state index in [0.29, 0.717) is 11.0 Å². The Balaban J connectivity index is 2.00. The molecule has 0 atom stereocenters. The normalized spacial score (nSPS) is 15.8. The number of benzene rings is 2. The van der Waals surface area contributed by atoms with Crippen molar-refractivity contribution in [3.8, 4) is 5.69 Å². The van der Waals surface area contributed by atoms with Gasteiger partial charge < -0.3 is 5.32 Å². The summed E-state index contributed by atoms with van der Waals surface area (Å²) in [6.45, 7) is 1.58. The van der Waals surface area contributed by atoms with Crippen LogP contribution in [0, 0.1) is 17.5 Å². The first-order chi connectivity index (χ1) is 12.1. The zero-order valence-corrected chi connectivity index (χ0v) is 13.3. The van der Waals surface area contributed by atoms with E-state index in [4.69, 9.17) is 0 Å². The van der Waals surface area contributed by atoms with Gasteiger partial charge in [0.2, 0.25) is 0 Å². The van der Waals surface area contributed by atoms with Crippen molar-refractivity contribution in [1.82, 2.24) is 14.5 Å². The van der Waals surface area contributed by atoms with Crippen LogP contribution in [0.4, 0.5) is 13.2 Å². The van der Waals surface area contributed by atoms with Crippen molar-refractivity contribution in [3.05, 3.63) is 64.3 Å². The van der Waals surface area contributed by atoms with E-state index >= 15 is 0 Å². The Morgan fingerprint density at radius 3 is 2.40 bits per heavy atom. The maximum Gasteiger partial charge on any atom is 0.333 e. The molecule has 1 N–H and O–H groups in total. The van der Waals surface area contributed by atoms with E-state index in [1.54, 1.807) is 10.6 Å². The minimum atomic E-state index is -1.05. The van der Waals surface area contributed by atoms with Gasteiger partial charge in [-0.3, -0.25) is 9.13 Å². The molecule has 0 amide bonds. The fourth-order valence-electron chi connectivity index (χ4n) is 3.48. The van der Waals surface area contributed by atoms with Crippen LogP contribution in [-0.2, 0) is 0 Å². The van der Waals surface area contributed by atoms with Crippen LogP contribution in [-0.4, -0.2) is 22.2 Å². The molecule has 7 heteroatoms. The molecule has 1 saturated heterocycles. The van der Waals surface area contributed by atoms with Gasteiger partial charge >= 0.3 is 5.69 Å². The standard InChI is InChI=1S/C18H16F3N3O/c19-11-1-4-16-17(9-11)24(13-2-3-14(20)15(21)10-13)18(25)23(16)12-5-7-22-8-6-12/h1-4,9-10,12,22H,5-8H2. The van der Waals surface area contributed by atoms with E-state index in [0.717, 1.165) is 38.1 Å². The first-order valence-electron chi connectivity index (χ1n) is 8.15. The van der Waals surface area contributed by atoms with E-state index < -0.39 is 17.5 Å². The summed E-state index contributed by atoms with van der Waals surface area (Å²) >= 11 is 0. The van der Waals surface area contributed by atoms with Crippen LogP contribution in [0.5, 0.6) is 0 Å². The van der Waals surface area contributed by atoms with Crippen molar-refractivity contribution in [2.24, 2.45) is 0 Å². The van der Waals surface area contributed by atoms with Gasteiger partial charge in [-0.1, -0.05) is 0 Å². The molecule has 0 radical (unpaired) electrons. The summed E-state index contributed by atoms with van der Waals surface area (Å²) in [5, 5.41) is 3.24. The molecule has 1 aromatic heterocycles. The Bertz CT molecular complexity index is 1000. The smallest absolute Gasteiger partial charge is 0.317 e. The van der Waals surface area contributed by atoms with E-state index in [1.165, 1.54) is 22.8 Å². The van der Waals surface area contributed by atoms with Crippen LogP contribution in [0.2, 0.25) is 0 Å². The van der Waals surface area contributed by atoms with E-state index in [2.05, 4.69) is 5.32 Å². The molecule has 2 heterocycles. The molecular formula is C18H16F3N3O. The predicted octanol–water partition coefficient (Wildman–Crippen LogP) is 3.13. The second kappa shape index (κ2) is 6.07. The van der Waals surface area contributed by atoms with Crippen LogP contribution in [0.3, 0.4) is 0 Å². The van der Waals surface area contributed by atoms with Gasteiger partial charge in [0.15, 0.2) is 11.6 Å². The summed E-state index contributed by atoms with van der Waals surface area (Å²) < 4.78 is 43.6. The highest BCUT2D eigenvalue weighted by Gasteiger charge is 2.23. The number of hydrogen-bond acceptors (Lipinski definition) is 2. The number of aromatic nitrogens is 2. The zero-order chi connectivity index (χ0) is 17.6. The predicted molar refractivity (Wildman–Crippen MR) is 88.5 cm³/mol. The largest absolute Gasteiger partial charge is 0.333 e. The molecular weight excluding hydrogens is 331 g/mol. The number of nitrogens with zero attached hydrogens (tertiary/aromatic N) is 2. The highest BCUT2D eigenvalue weighted by molar-refractivity contribution is 5.78. The van der Waals surface area contributed by atoms with Crippen molar-refractivity contribution in [2.75, 3.05) is 13.1 Å². The summed E-state index contributed by atoms with van der Waals surface area (Å²) in [6.07, 6.45) is 1.54. The third kappa shape index (κ3) is 2.64. The molecule has 25 heavy (non-hydrogen) atoms. The fourth-order valence-corrected chi connectivity index (χ4v) is 3.48. The van der Waals surface area contributed by atoms with Crippen LogP contribution in [0.25, 0.3) is 16.7 Å². The highest BCUT2D eigenvalue weighted by Crippen LogP contribution is 2.26. The van der Waals surface area contributed by atoms with Crippen LogP contribution < -0.4 is 11.0 Å².